The van der Waals surface area contributed by atoms with Gasteiger partial charge in [0.25, 0.3) is 0 Å². The molecule has 2 aromatic carbocycles. The number of hydrogen-bond acceptors (Lipinski definition) is 6. The number of carbonyl (C=O) groups is 1. The predicted octanol–water partition coefficient (Wildman–Crippen LogP) is 5.58. The van der Waals surface area contributed by atoms with E-state index < -0.39 is 5.82 Å². The third kappa shape index (κ3) is 4.18. The summed E-state index contributed by atoms with van der Waals surface area (Å²) in [5.41, 5.74) is 3.62. The van der Waals surface area contributed by atoms with Crippen molar-refractivity contribution in [2.45, 2.75) is 24.8 Å². The minimum Gasteiger partial charge on any atom is -0.507 e. The minimum atomic E-state index is -0.472. The number of benzene rings is 2. The first kappa shape index (κ1) is 26.3. The van der Waals surface area contributed by atoms with E-state index in [-0.39, 0.29) is 5.75 Å². The fourth-order valence-electron chi connectivity index (χ4n) is 7.44. The zero-order chi connectivity index (χ0) is 28.5. The van der Waals surface area contributed by atoms with Crippen LogP contribution in [0.15, 0.2) is 61.1 Å². The maximum atomic E-state index is 15.0. The highest BCUT2D eigenvalue weighted by Crippen LogP contribution is 2.90. The SMILES string of the molecule is CN(C)/C=C\N(C=O)c1ccc(-c2cc(F)cc(-c3ccnc(N4CCN(C56CC7CC75C6)CC4)c3)c2O)cc1Cl. The molecule has 7 nitrogen and oxygen atoms in total. The van der Waals surface area contributed by atoms with Crippen molar-refractivity contribution in [2.75, 3.05) is 50.1 Å². The monoisotopic (exact) mass is 573 g/mol. The molecule has 2 heterocycles. The van der Waals surface area contributed by atoms with Gasteiger partial charge in [-0.1, -0.05) is 17.7 Å². The van der Waals surface area contributed by atoms with Gasteiger partial charge < -0.3 is 14.9 Å². The van der Waals surface area contributed by atoms with Crippen molar-refractivity contribution in [3.63, 3.8) is 0 Å². The van der Waals surface area contributed by atoms with Crippen LogP contribution in [0, 0.1) is 17.2 Å². The van der Waals surface area contributed by atoms with E-state index in [1.54, 1.807) is 47.8 Å². The number of nitrogens with zero attached hydrogens (tertiary/aromatic N) is 5. The summed E-state index contributed by atoms with van der Waals surface area (Å²) in [4.78, 5) is 24.4. The molecule has 0 bridgehead atoms. The topological polar surface area (TPSA) is 63.2 Å². The van der Waals surface area contributed by atoms with Crippen molar-refractivity contribution >= 4 is 29.5 Å². The molecule has 4 fully saturated rings. The van der Waals surface area contributed by atoms with E-state index in [0.29, 0.717) is 50.3 Å². The molecule has 1 N–H and O–H groups in total. The first-order valence-electron chi connectivity index (χ1n) is 14.1. The minimum absolute atomic E-state index is 0.0426. The van der Waals surface area contributed by atoms with Crippen LogP contribution in [0.1, 0.15) is 19.3 Å². The van der Waals surface area contributed by atoms with Crippen molar-refractivity contribution in [1.82, 2.24) is 14.8 Å². The Morgan fingerprint density at radius 2 is 1.76 bits per heavy atom. The van der Waals surface area contributed by atoms with Gasteiger partial charge in [0.1, 0.15) is 17.4 Å². The van der Waals surface area contributed by atoms with Crippen LogP contribution in [0.4, 0.5) is 15.9 Å². The van der Waals surface area contributed by atoms with Crippen LogP contribution in [0.5, 0.6) is 5.75 Å². The van der Waals surface area contributed by atoms with E-state index in [1.165, 1.54) is 36.3 Å². The highest BCUT2D eigenvalue weighted by Gasteiger charge is 2.89. The molecule has 3 saturated carbocycles. The Morgan fingerprint density at radius 3 is 2.34 bits per heavy atom. The summed E-state index contributed by atoms with van der Waals surface area (Å²) < 4.78 is 15.0. The van der Waals surface area contributed by atoms with Gasteiger partial charge in [-0.3, -0.25) is 14.6 Å². The summed E-state index contributed by atoms with van der Waals surface area (Å²) in [5.74, 6) is 1.33. The molecule has 4 aliphatic rings. The number of amides is 1. The number of aromatic hydroxyl groups is 1. The molecule has 7 rings (SSSR count). The average Bonchev–Trinajstić information content (AvgIpc) is 3.76. The summed E-state index contributed by atoms with van der Waals surface area (Å²) in [6.07, 6.45) is 9.94. The van der Waals surface area contributed by atoms with Gasteiger partial charge in [0.15, 0.2) is 0 Å². The lowest BCUT2D eigenvalue weighted by molar-refractivity contribution is -0.106. The van der Waals surface area contributed by atoms with Crippen molar-refractivity contribution in [2.24, 2.45) is 11.3 Å². The quantitative estimate of drug-likeness (QED) is 0.355. The Bertz CT molecular complexity index is 1570. The number of anilines is 2. The second-order valence-corrected chi connectivity index (χ2v) is 12.5. The lowest BCUT2D eigenvalue weighted by atomic mass is 9.90. The van der Waals surface area contributed by atoms with Crippen molar-refractivity contribution in [3.8, 4) is 28.0 Å². The van der Waals surface area contributed by atoms with E-state index >= 15 is 0 Å². The fraction of sp³-hybridized carbons (Fsp3) is 0.375. The van der Waals surface area contributed by atoms with Gasteiger partial charge in [-0.05, 0) is 78.1 Å². The average molecular weight is 574 g/mol. The number of phenolic OH excluding ortho intramolecular Hbond substituents is 1. The van der Waals surface area contributed by atoms with Gasteiger partial charge in [0.05, 0.1) is 10.7 Å². The van der Waals surface area contributed by atoms with Crippen LogP contribution < -0.4 is 9.80 Å². The standard InChI is InChI=1S/C32H33ClFN5O2/c1-36(2)7-8-38(20-40)28-4-3-21(13-27(28)33)25-15-24(34)16-26(30(25)41)22-5-6-35-29(14-22)37-9-11-39(12-10-37)32-18-23-17-31(23,32)19-32/h3-8,13-16,20,23,41H,9-12,17-19H2,1-2H3/b8-7-. The second-order valence-electron chi connectivity index (χ2n) is 12.1. The number of rotatable bonds is 8. The molecular weight excluding hydrogens is 541 g/mol. The summed E-state index contributed by atoms with van der Waals surface area (Å²) in [7, 11) is 3.69. The summed E-state index contributed by atoms with van der Waals surface area (Å²) in [5, 5.41) is 11.6. The van der Waals surface area contributed by atoms with E-state index in [9.17, 15) is 14.3 Å². The van der Waals surface area contributed by atoms with E-state index in [4.69, 9.17) is 11.6 Å². The number of carbonyl (C=O) groups excluding carboxylic acids is 1. The van der Waals surface area contributed by atoms with Gasteiger partial charge in [-0.2, -0.15) is 0 Å². The van der Waals surface area contributed by atoms with Crippen LogP contribution in [0.25, 0.3) is 22.3 Å². The lowest BCUT2D eigenvalue weighted by Crippen LogP contribution is -2.54. The van der Waals surface area contributed by atoms with E-state index in [2.05, 4.69) is 14.8 Å². The zero-order valence-electron chi connectivity index (χ0n) is 23.2. The maximum Gasteiger partial charge on any atom is 0.218 e. The molecule has 1 spiro atoms. The van der Waals surface area contributed by atoms with Gasteiger partial charge in [0, 0.05) is 75.5 Å². The highest BCUT2D eigenvalue weighted by molar-refractivity contribution is 6.34. The number of aromatic nitrogens is 1. The predicted molar refractivity (Wildman–Crippen MR) is 159 cm³/mol. The Hall–Kier alpha value is -3.62. The Labute approximate surface area is 244 Å². The molecule has 3 aromatic rings. The Balaban J connectivity index is 1.13. The summed E-state index contributed by atoms with van der Waals surface area (Å²) in [6, 6.07) is 11.4. The van der Waals surface area contributed by atoms with Gasteiger partial charge in [-0.25, -0.2) is 9.37 Å². The number of piperazine rings is 1. The Kier molecular flexibility index (Phi) is 6.07. The normalized spacial score (nSPS) is 26.2. The third-order valence-corrected chi connectivity index (χ3v) is 10.0. The maximum absolute atomic E-state index is 15.0. The summed E-state index contributed by atoms with van der Waals surface area (Å²) in [6.45, 7) is 3.90. The zero-order valence-corrected chi connectivity index (χ0v) is 24.0. The second kappa shape index (κ2) is 9.46. The molecule has 3 aliphatic carbocycles. The molecule has 3 unspecified atom stereocenters. The number of hydrogen-bond donors (Lipinski definition) is 1. The molecule has 0 radical (unpaired) electrons. The molecule has 41 heavy (non-hydrogen) atoms. The molecule has 1 saturated heterocycles. The molecular formula is C32H33ClFN5O2. The van der Waals surface area contributed by atoms with E-state index in [0.717, 1.165) is 37.9 Å². The summed E-state index contributed by atoms with van der Waals surface area (Å²) >= 11 is 6.55. The number of phenols is 1. The van der Waals surface area contributed by atoms with Crippen molar-refractivity contribution in [3.05, 3.63) is 71.9 Å². The smallest absolute Gasteiger partial charge is 0.218 e. The van der Waals surface area contributed by atoms with Crippen LogP contribution in [0.3, 0.4) is 0 Å². The van der Waals surface area contributed by atoms with Crippen LogP contribution in [-0.4, -0.2) is 72.1 Å². The number of halogens is 2. The Morgan fingerprint density at radius 1 is 1.02 bits per heavy atom. The van der Waals surface area contributed by atoms with Crippen molar-refractivity contribution < 1.29 is 14.3 Å². The van der Waals surface area contributed by atoms with Crippen molar-refractivity contribution in [1.29, 1.82) is 0 Å². The highest BCUT2D eigenvalue weighted by atomic mass is 35.5. The first-order valence-corrected chi connectivity index (χ1v) is 14.5. The number of pyridine rings is 1. The first-order chi connectivity index (χ1) is 19.7. The lowest BCUT2D eigenvalue weighted by Gasteiger charge is -2.43. The van der Waals surface area contributed by atoms with Gasteiger partial charge in [-0.15, -0.1) is 0 Å². The van der Waals surface area contributed by atoms with Crippen LogP contribution in [0.2, 0.25) is 5.02 Å². The largest absolute Gasteiger partial charge is 0.507 e. The van der Waals surface area contributed by atoms with E-state index in [1.807, 2.05) is 20.2 Å². The molecule has 1 amide bonds. The molecule has 1 aliphatic heterocycles. The van der Waals surface area contributed by atoms with Crippen LogP contribution >= 0.6 is 11.6 Å². The van der Waals surface area contributed by atoms with Crippen LogP contribution in [-0.2, 0) is 4.79 Å². The van der Waals surface area contributed by atoms with Gasteiger partial charge in [0.2, 0.25) is 6.41 Å². The fourth-order valence-corrected chi connectivity index (χ4v) is 7.72. The third-order valence-electron chi connectivity index (χ3n) is 9.74. The molecule has 212 valence electrons. The molecule has 9 heteroatoms. The molecule has 3 atom stereocenters. The molecule has 1 aromatic heterocycles. The van der Waals surface area contributed by atoms with Gasteiger partial charge >= 0.3 is 0 Å².